The number of amides is 1. The molecule has 0 saturated carbocycles. The van der Waals surface area contributed by atoms with Gasteiger partial charge in [0.25, 0.3) is 0 Å². The van der Waals surface area contributed by atoms with Crippen LogP contribution >= 0.6 is 0 Å². The summed E-state index contributed by atoms with van der Waals surface area (Å²) < 4.78 is 0. The largest absolute Gasteiger partial charge is 0.342 e. The van der Waals surface area contributed by atoms with Gasteiger partial charge >= 0.3 is 0 Å². The Hall–Kier alpha value is -1.35. The molecule has 2 unspecified atom stereocenters. The van der Waals surface area contributed by atoms with E-state index in [1.54, 1.807) is 6.92 Å². The first kappa shape index (κ1) is 16.0. The van der Waals surface area contributed by atoms with Crippen LogP contribution in [-0.4, -0.2) is 37.0 Å². The van der Waals surface area contributed by atoms with Crippen molar-refractivity contribution in [2.75, 3.05) is 26.2 Å². The second kappa shape index (κ2) is 7.08. The lowest BCUT2D eigenvalue weighted by atomic mass is 9.86. The molecule has 1 amide bonds. The van der Waals surface area contributed by atoms with Crippen LogP contribution in [0.2, 0.25) is 0 Å². The third-order valence-corrected chi connectivity index (χ3v) is 4.41. The zero-order chi connectivity index (χ0) is 15.4. The van der Waals surface area contributed by atoms with Gasteiger partial charge in [-0.2, -0.15) is 0 Å². The van der Waals surface area contributed by atoms with Crippen molar-refractivity contribution in [3.8, 4) is 0 Å². The monoisotopic (exact) mass is 288 g/mol. The molecule has 21 heavy (non-hydrogen) atoms. The molecule has 1 saturated heterocycles. The van der Waals surface area contributed by atoms with Crippen LogP contribution in [0.15, 0.2) is 24.3 Å². The molecule has 0 aliphatic carbocycles. The van der Waals surface area contributed by atoms with Crippen molar-refractivity contribution >= 4 is 5.91 Å². The summed E-state index contributed by atoms with van der Waals surface area (Å²) in [6.07, 6.45) is 0. The van der Waals surface area contributed by atoms with E-state index in [-0.39, 0.29) is 5.91 Å². The smallest absolute Gasteiger partial charge is 0.219 e. The van der Waals surface area contributed by atoms with Gasteiger partial charge < -0.3 is 10.2 Å². The first-order valence-corrected chi connectivity index (χ1v) is 8.00. The Balaban J connectivity index is 2.11. The molecule has 2 atom stereocenters. The van der Waals surface area contributed by atoms with Gasteiger partial charge in [0.15, 0.2) is 0 Å². The standard InChI is InChI=1S/C18H28N2O/c1-13(2)11-20(15(4)21)12-16-9-19-10-18(16)17-8-6-5-7-14(17)3/h5-8,13,16,18-19H,9-12H2,1-4H3. The van der Waals surface area contributed by atoms with E-state index in [2.05, 4.69) is 50.4 Å². The van der Waals surface area contributed by atoms with Gasteiger partial charge in [0.2, 0.25) is 5.91 Å². The van der Waals surface area contributed by atoms with Crippen LogP contribution in [0.3, 0.4) is 0 Å². The number of hydrogen-bond donors (Lipinski definition) is 1. The SMILES string of the molecule is CC(=O)N(CC(C)C)CC1CNCC1c1ccccc1C. The Labute approximate surface area is 128 Å². The highest BCUT2D eigenvalue weighted by atomic mass is 16.2. The molecule has 0 radical (unpaired) electrons. The average Bonchev–Trinajstić information content (AvgIpc) is 2.86. The van der Waals surface area contributed by atoms with Gasteiger partial charge in [-0.05, 0) is 29.9 Å². The number of hydrogen-bond acceptors (Lipinski definition) is 2. The van der Waals surface area contributed by atoms with Gasteiger partial charge in [0, 0.05) is 39.0 Å². The van der Waals surface area contributed by atoms with Crippen molar-refractivity contribution < 1.29 is 4.79 Å². The minimum atomic E-state index is 0.194. The second-order valence-corrected chi connectivity index (χ2v) is 6.70. The molecular formula is C18H28N2O. The van der Waals surface area contributed by atoms with Crippen molar-refractivity contribution in [1.82, 2.24) is 10.2 Å². The van der Waals surface area contributed by atoms with Gasteiger partial charge in [-0.25, -0.2) is 0 Å². The lowest BCUT2D eigenvalue weighted by Crippen LogP contribution is -2.38. The fourth-order valence-electron chi connectivity index (χ4n) is 3.35. The Morgan fingerprint density at radius 1 is 1.33 bits per heavy atom. The summed E-state index contributed by atoms with van der Waals surface area (Å²) in [5, 5.41) is 3.51. The third-order valence-electron chi connectivity index (χ3n) is 4.41. The van der Waals surface area contributed by atoms with E-state index in [0.717, 1.165) is 26.2 Å². The average molecular weight is 288 g/mol. The molecule has 0 spiro atoms. The predicted octanol–water partition coefficient (Wildman–Crippen LogP) is 2.80. The minimum absolute atomic E-state index is 0.194. The maximum Gasteiger partial charge on any atom is 0.219 e. The molecule has 1 aromatic carbocycles. The number of nitrogens with one attached hydrogen (secondary N) is 1. The lowest BCUT2D eigenvalue weighted by Gasteiger charge is -2.29. The molecular weight excluding hydrogens is 260 g/mol. The predicted molar refractivity (Wildman–Crippen MR) is 87.4 cm³/mol. The second-order valence-electron chi connectivity index (χ2n) is 6.70. The maximum absolute atomic E-state index is 11.9. The Bertz CT molecular complexity index is 484. The van der Waals surface area contributed by atoms with Crippen molar-refractivity contribution in [2.24, 2.45) is 11.8 Å². The van der Waals surface area contributed by atoms with Crippen LogP contribution in [0.4, 0.5) is 0 Å². The van der Waals surface area contributed by atoms with Gasteiger partial charge in [0.1, 0.15) is 0 Å². The zero-order valence-corrected chi connectivity index (χ0v) is 13.7. The summed E-state index contributed by atoms with van der Waals surface area (Å²) in [5.41, 5.74) is 2.79. The number of rotatable bonds is 5. The van der Waals surface area contributed by atoms with Gasteiger partial charge in [0.05, 0.1) is 0 Å². The van der Waals surface area contributed by atoms with E-state index < -0.39 is 0 Å². The fraction of sp³-hybridized carbons (Fsp3) is 0.611. The summed E-state index contributed by atoms with van der Waals surface area (Å²) in [7, 11) is 0. The molecule has 1 aliphatic rings. The van der Waals surface area contributed by atoms with E-state index in [0.29, 0.717) is 17.8 Å². The molecule has 1 N–H and O–H groups in total. The first-order chi connectivity index (χ1) is 9.99. The van der Waals surface area contributed by atoms with Gasteiger partial charge in [-0.1, -0.05) is 38.1 Å². The third kappa shape index (κ3) is 4.07. The molecule has 3 nitrogen and oxygen atoms in total. The lowest BCUT2D eigenvalue weighted by molar-refractivity contribution is -0.130. The molecule has 3 heteroatoms. The molecule has 1 aliphatic heterocycles. The van der Waals surface area contributed by atoms with Crippen LogP contribution in [0.1, 0.15) is 37.8 Å². The number of benzene rings is 1. The number of carbonyl (C=O) groups excluding carboxylic acids is 1. The topological polar surface area (TPSA) is 32.3 Å². The van der Waals surface area contributed by atoms with Crippen molar-refractivity contribution in [3.05, 3.63) is 35.4 Å². The van der Waals surface area contributed by atoms with E-state index in [1.165, 1.54) is 11.1 Å². The van der Waals surface area contributed by atoms with E-state index in [4.69, 9.17) is 0 Å². The van der Waals surface area contributed by atoms with Crippen LogP contribution in [0.25, 0.3) is 0 Å². The van der Waals surface area contributed by atoms with Crippen molar-refractivity contribution in [1.29, 1.82) is 0 Å². The Morgan fingerprint density at radius 3 is 2.67 bits per heavy atom. The molecule has 0 bridgehead atoms. The molecule has 2 rings (SSSR count). The van der Waals surface area contributed by atoms with Gasteiger partial charge in [-0.15, -0.1) is 0 Å². The van der Waals surface area contributed by atoms with Crippen molar-refractivity contribution in [2.45, 2.75) is 33.6 Å². The summed E-state index contributed by atoms with van der Waals surface area (Å²) >= 11 is 0. The molecule has 1 aromatic rings. The Kier molecular flexibility index (Phi) is 5.40. The Morgan fingerprint density at radius 2 is 2.05 bits per heavy atom. The molecule has 1 heterocycles. The highest BCUT2D eigenvalue weighted by molar-refractivity contribution is 5.73. The summed E-state index contributed by atoms with van der Waals surface area (Å²) in [5.74, 6) is 1.73. The van der Waals surface area contributed by atoms with Gasteiger partial charge in [-0.3, -0.25) is 4.79 Å². The van der Waals surface area contributed by atoms with E-state index >= 15 is 0 Å². The normalized spacial score (nSPS) is 21.8. The van der Waals surface area contributed by atoms with E-state index in [9.17, 15) is 4.79 Å². The highest BCUT2D eigenvalue weighted by Crippen LogP contribution is 2.31. The highest BCUT2D eigenvalue weighted by Gasteiger charge is 2.31. The maximum atomic E-state index is 11.9. The molecule has 1 fully saturated rings. The number of carbonyl (C=O) groups is 1. The van der Waals surface area contributed by atoms with Crippen LogP contribution in [0, 0.1) is 18.8 Å². The number of nitrogens with zero attached hydrogens (tertiary/aromatic N) is 1. The number of aryl methyl sites for hydroxylation is 1. The summed E-state index contributed by atoms with van der Waals surface area (Å²) in [4.78, 5) is 13.9. The minimum Gasteiger partial charge on any atom is -0.342 e. The quantitative estimate of drug-likeness (QED) is 0.903. The summed E-state index contributed by atoms with van der Waals surface area (Å²) in [6.45, 7) is 11.9. The van der Waals surface area contributed by atoms with Crippen LogP contribution < -0.4 is 5.32 Å². The molecule has 116 valence electrons. The molecule has 0 aromatic heterocycles. The summed E-state index contributed by atoms with van der Waals surface area (Å²) in [6, 6.07) is 8.63. The first-order valence-electron chi connectivity index (χ1n) is 8.00. The van der Waals surface area contributed by atoms with Crippen LogP contribution in [-0.2, 0) is 4.79 Å². The van der Waals surface area contributed by atoms with Crippen LogP contribution in [0.5, 0.6) is 0 Å². The fourth-order valence-corrected chi connectivity index (χ4v) is 3.35. The van der Waals surface area contributed by atoms with E-state index in [1.807, 2.05) is 4.90 Å². The van der Waals surface area contributed by atoms with Crippen molar-refractivity contribution in [3.63, 3.8) is 0 Å². The zero-order valence-electron chi connectivity index (χ0n) is 13.7.